The van der Waals surface area contributed by atoms with Crippen LogP contribution in [0.2, 0.25) is 0 Å². The van der Waals surface area contributed by atoms with Crippen molar-refractivity contribution in [2.24, 2.45) is 4.40 Å². The highest BCUT2D eigenvalue weighted by Crippen LogP contribution is 2.34. The third-order valence-electron chi connectivity index (χ3n) is 3.08. The van der Waals surface area contributed by atoms with E-state index in [0.29, 0.717) is 18.5 Å². The lowest BCUT2D eigenvalue weighted by Gasteiger charge is -2.16. The van der Waals surface area contributed by atoms with Crippen LogP contribution in [0.4, 0.5) is 10.1 Å². The van der Waals surface area contributed by atoms with Crippen molar-refractivity contribution in [1.82, 2.24) is 4.90 Å². The molecule has 108 valence electrons. The third kappa shape index (κ3) is 2.72. The highest BCUT2D eigenvalue weighted by molar-refractivity contribution is 7.83. The smallest absolute Gasteiger partial charge is 0.214 e. The number of hydrogen-bond acceptors (Lipinski definition) is 2. The lowest BCUT2D eigenvalue weighted by Crippen LogP contribution is -2.27. The van der Waals surface area contributed by atoms with Crippen molar-refractivity contribution in [2.45, 2.75) is 24.3 Å². The number of benzene rings is 1. The number of hydrogen-bond donors (Lipinski definition) is 0. The van der Waals surface area contributed by atoms with Crippen molar-refractivity contribution in [3.63, 3.8) is 0 Å². The van der Waals surface area contributed by atoms with Gasteiger partial charge in [-0.15, -0.1) is 0 Å². The van der Waals surface area contributed by atoms with Gasteiger partial charge in [0.2, 0.25) is 6.41 Å². The van der Waals surface area contributed by atoms with Gasteiger partial charge in [0.25, 0.3) is 0 Å². The van der Waals surface area contributed by atoms with Crippen LogP contribution in [0.5, 0.6) is 0 Å². The first-order valence-electron chi connectivity index (χ1n) is 6.12. The van der Waals surface area contributed by atoms with Crippen molar-refractivity contribution >= 4 is 29.4 Å². The van der Waals surface area contributed by atoms with Gasteiger partial charge in [0.15, 0.2) is 11.0 Å². The molecule has 0 fully saturated rings. The predicted octanol–water partition coefficient (Wildman–Crippen LogP) is 1.35. The zero-order valence-electron chi connectivity index (χ0n) is 11.5. The minimum absolute atomic E-state index is 0.0113. The van der Waals surface area contributed by atoms with E-state index < -0.39 is 16.8 Å². The Morgan fingerprint density at radius 2 is 2.20 bits per heavy atom. The fourth-order valence-corrected chi connectivity index (χ4v) is 2.96. The molecule has 1 heterocycles. The molecule has 0 aromatic heterocycles. The fourth-order valence-electron chi connectivity index (χ4n) is 2.13. The fraction of sp³-hybridized carbons (Fsp3) is 0.385. The molecule has 1 aliphatic heterocycles. The van der Waals surface area contributed by atoms with Gasteiger partial charge < -0.3 is 9.80 Å². The van der Waals surface area contributed by atoms with Crippen LogP contribution < -0.4 is 4.90 Å². The van der Waals surface area contributed by atoms with Gasteiger partial charge in [0, 0.05) is 25.8 Å². The quantitative estimate of drug-likeness (QED) is 0.479. The zero-order chi connectivity index (χ0) is 14.9. The lowest BCUT2D eigenvalue weighted by molar-refractivity contribution is -0.107. The van der Waals surface area contributed by atoms with Crippen LogP contribution in [0.25, 0.3) is 0 Å². The first-order chi connectivity index (χ1) is 9.43. The van der Waals surface area contributed by atoms with Crippen molar-refractivity contribution in [3.8, 4) is 0 Å². The summed E-state index contributed by atoms with van der Waals surface area (Å²) in [5, 5.41) is 0. The van der Waals surface area contributed by atoms with Crippen LogP contribution in [0.1, 0.15) is 12.5 Å². The molecule has 0 bridgehead atoms. The molecule has 0 saturated carbocycles. The molecule has 1 amide bonds. The second-order valence-corrected chi connectivity index (χ2v) is 6.06. The van der Waals surface area contributed by atoms with Crippen molar-refractivity contribution in [3.05, 3.63) is 23.5 Å². The summed E-state index contributed by atoms with van der Waals surface area (Å²) >= 11 is 0. The van der Waals surface area contributed by atoms with E-state index in [1.165, 1.54) is 23.4 Å². The van der Waals surface area contributed by atoms with Crippen LogP contribution in [-0.4, -0.2) is 42.0 Å². The second-order valence-electron chi connectivity index (χ2n) is 4.91. The van der Waals surface area contributed by atoms with Gasteiger partial charge in [-0.25, -0.2) is 8.60 Å². The molecule has 1 aromatic carbocycles. The standard InChI is InChI=1S/C13H16FN3O2S/c1-9-4-10-5-11(14)13(6-12(10)17(9)8-18)20(19)15-7-16(2)3/h5-9H,4H2,1-3H3/b15-7+. The Hall–Kier alpha value is -1.76. The monoisotopic (exact) mass is 297 g/mol. The number of nitrogens with zero attached hydrogens (tertiary/aromatic N) is 3. The van der Waals surface area contributed by atoms with Crippen LogP contribution in [0, 0.1) is 5.82 Å². The van der Waals surface area contributed by atoms with Gasteiger partial charge in [-0.05, 0) is 31.0 Å². The Bertz CT molecular complexity index is 589. The zero-order valence-corrected chi connectivity index (χ0v) is 12.4. The van der Waals surface area contributed by atoms with E-state index in [-0.39, 0.29) is 10.9 Å². The molecule has 0 radical (unpaired) electrons. The van der Waals surface area contributed by atoms with E-state index >= 15 is 0 Å². The first kappa shape index (κ1) is 14.6. The summed E-state index contributed by atoms with van der Waals surface area (Å²) in [7, 11) is 1.64. The Kier molecular flexibility index (Phi) is 4.17. The summed E-state index contributed by atoms with van der Waals surface area (Å²) in [4.78, 5) is 14.2. The van der Waals surface area contributed by atoms with E-state index in [4.69, 9.17) is 0 Å². The van der Waals surface area contributed by atoms with Gasteiger partial charge in [0.1, 0.15) is 12.2 Å². The summed E-state index contributed by atoms with van der Waals surface area (Å²) in [6.45, 7) is 1.88. The van der Waals surface area contributed by atoms with E-state index in [2.05, 4.69) is 4.40 Å². The lowest BCUT2D eigenvalue weighted by atomic mass is 10.1. The summed E-state index contributed by atoms with van der Waals surface area (Å²) < 4.78 is 29.8. The second kappa shape index (κ2) is 5.70. The van der Waals surface area contributed by atoms with Crippen LogP contribution in [-0.2, 0) is 22.2 Å². The number of carbonyl (C=O) groups is 1. The Balaban J connectivity index is 2.40. The number of amides is 1. The van der Waals surface area contributed by atoms with Crippen molar-refractivity contribution < 1.29 is 13.4 Å². The molecule has 0 N–H and O–H groups in total. The topological polar surface area (TPSA) is 53.0 Å². The predicted molar refractivity (Wildman–Crippen MR) is 76.7 cm³/mol. The highest BCUT2D eigenvalue weighted by Gasteiger charge is 2.28. The summed E-state index contributed by atoms with van der Waals surface area (Å²) in [6, 6.07) is 2.77. The Morgan fingerprint density at radius 3 is 2.80 bits per heavy atom. The molecule has 7 heteroatoms. The van der Waals surface area contributed by atoms with E-state index in [9.17, 15) is 13.4 Å². The SMILES string of the molecule is CC1Cc2cc(F)c(S(=O)/N=C/N(C)C)cc2N1C=O. The minimum atomic E-state index is -1.83. The molecule has 2 rings (SSSR count). The molecule has 0 saturated heterocycles. The summed E-state index contributed by atoms with van der Waals surface area (Å²) in [6.07, 6.45) is 2.67. The maximum absolute atomic E-state index is 14.0. The number of halogens is 1. The average Bonchev–Trinajstić information content (AvgIpc) is 2.69. The maximum Gasteiger partial charge on any atom is 0.214 e. The first-order valence-corrected chi connectivity index (χ1v) is 7.23. The van der Waals surface area contributed by atoms with Gasteiger partial charge in [-0.2, -0.15) is 4.40 Å². The molecule has 1 aromatic rings. The van der Waals surface area contributed by atoms with Crippen LogP contribution in [0.15, 0.2) is 21.4 Å². The summed E-state index contributed by atoms with van der Waals surface area (Å²) in [5.74, 6) is -0.557. The van der Waals surface area contributed by atoms with Crippen molar-refractivity contribution in [1.29, 1.82) is 0 Å². The van der Waals surface area contributed by atoms with Crippen molar-refractivity contribution in [2.75, 3.05) is 19.0 Å². The Morgan fingerprint density at radius 1 is 1.50 bits per heavy atom. The number of anilines is 1. The number of rotatable bonds is 4. The maximum atomic E-state index is 14.0. The van der Waals surface area contributed by atoms with E-state index in [1.807, 2.05) is 6.92 Å². The molecular weight excluding hydrogens is 281 g/mol. The molecular formula is C13H16FN3O2S. The molecule has 2 atom stereocenters. The molecule has 2 unspecified atom stereocenters. The highest BCUT2D eigenvalue weighted by atomic mass is 32.2. The molecule has 0 spiro atoms. The normalized spacial score (nSPS) is 19.2. The van der Waals surface area contributed by atoms with Gasteiger partial charge in [-0.3, -0.25) is 4.79 Å². The Labute approximate surface area is 119 Å². The third-order valence-corrected chi connectivity index (χ3v) is 4.05. The van der Waals surface area contributed by atoms with Crippen LogP contribution >= 0.6 is 0 Å². The van der Waals surface area contributed by atoms with Gasteiger partial charge >= 0.3 is 0 Å². The largest absolute Gasteiger partial charge is 0.368 e. The average molecular weight is 297 g/mol. The number of fused-ring (bicyclic) bond motifs is 1. The van der Waals surface area contributed by atoms with E-state index in [1.54, 1.807) is 19.0 Å². The summed E-state index contributed by atoms with van der Waals surface area (Å²) in [5.41, 5.74) is 1.36. The van der Waals surface area contributed by atoms with Gasteiger partial charge in [-0.1, -0.05) is 0 Å². The molecule has 20 heavy (non-hydrogen) atoms. The van der Waals surface area contributed by atoms with Gasteiger partial charge in [0.05, 0.1) is 4.90 Å². The van der Waals surface area contributed by atoms with E-state index in [0.717, 1.165) is 5.56 Å². The molecule has 0 aliphatic carbocycles. The number of carbonyl (C=O) groups excluding carboxylic acids is 1. The molecule has 1 aliphatic rings. The minimum Gasteiger partial charge on any atom is -0.368 e. The molecule has 5 nitrogen and oxygen atoms in total. The van der Waals surface area contributed by atoms with Crippen LogP contribution in [0.3, 0.4) is 0 Å².